The van der Waals surface area contributed by atoms with Gasteiger partial charge in [0.2, 0.25) is 0 Å². The van der Waals surface area contributed by atoms with Crippen molar-refractivity contribution in [2.45, 2.75) is 33.6 Å². The number of nitrogens with zero attached hydrogens (tertiary/aromatic N) is 4. The lowest BCUT2D eigenvalue weighted by molar-refractivity contribution is -0.208. The zero-order valence-electron chi connectivity index (χ0n) is 15.0. The number of hydrogen-bond acceptors (Lipinski definition) is 5. The maximum Gasteiger partial charge on any atom is 0.257 e. The number of carbonyl (C=O) groups is 1. The van der Waals surface area contributed by atoms with E-state index in [0.717, 1.165) is 5.56 Å². The molecule has 1 rings (SSSR count). The molecule has 1 amide bonds. The molecule has 24 heavy (non-hydrogen) atoms. The fourth-order valence-corrected chi connectivity index (χ4v) is 2.55. The van der Waals surface area contributed by atoms with Gasteiger partial charge in [-0.1, -0.05) is 17.2 Å². The lowest BCUT2D eigenvalue weighted by atomic mass is 10.0. The van der Waals surface area contributed by atoms with Gasteiger partial charge in [0.05, 0.1) is 5.69 Å². The van der Waals surface area contributed by atoms with E-state index in [2.05, 4.69) is 10.0 Å². The van der Waals surface area contributed by atoms with Crippen LogP contribution in [0.2, 0.25) is 0 Å². The first-order valence-electron chi connectivity index (χ1n) is 7.52. The van der Waals surface area contributed by atoms with Crippen LogP contribution in [-0.2, 0) is 19.0 Å². The van der Waals surface area contributed by atoms with Crippen molar-refractivity contribution in [2.24, 2.45) is 5.11 Å². The number of azide groups is 1. The Hall–Kier alpha value is -2.12. The van der Waals surface area contributed by atoms with Crippen LogP contribution in [-0.4, -0.2) is 39.3 Å². The molecular formula is C16H24N4O4. The Morgan fingerprint density at radius 2 is 2.04 bits per heavy atom. The zero-order valence-corrected chi connectivity index (χ0v) is 15.0. The van der Waals surface area contributed by atoms with Gasteiger partial charge in [-0.15, -0.1) is 0 Å². The Kier molecular flexibility index (Phi) is 7.18. The summed E-state index contributed by atoms with van der Waals surface area (Å²) < 4.78 is 16.2. The monoisotopic (exact) mass is 336 g/mol. The van der Waals surface area contributed by atoms with Gasteiger partial charge in [-0.25, -0.2) is 0 Å². The van der Waals surface area contributed by atoms with Crippen LogP contribution < -0.4 is 4.90 Å². The number of anilines is 1. The van der Waals surface area contributed by atoms with Crippen molar-refractivity contribution in [2.75, 3.05) is 32.3 Å². The van der Waals surface area contributed by atoms with Crippen molar-refractivity contribution in [1.82, 2.24) is 0 Å². The lowest BCUT2D eigenvalue weighted by Crippen LogP contribution is -2.55. The summed E-state index contributed by atoms with van der Waals surface area (Å²) in [6, 6.07) is 3.49. The smallest absolute Gasteiger partial charge is 0.257 e. The molecule has 1 unspecified atom stereocenters. The summed E-state index contributed by atoms with van der Waals surface area (Å²) in [5, 5.41) is 3.68. The number of amides is 1. The molecule has 1 atom stereocenters. The lowest BCUT2D eigenvalue weighted by Gasteiger charge is -2.40. The van der Waals surface area contributed by atoms with Gasteiger partial charge in [0, 0.05) is 38.3 Å². The standard InChI is InChI=1S/C16H24N4O4/c1-7-24-16(4,23-6)20(14(21)10-22-5)15-11(2)8-9-13(12(15)3)18-19-17/h8-9H,7,10H2,1-6H3. The highest BCUT2D eigenvalue weighted by Gasteiger charge is 2.39. The minimum absolute atomic E-state index is 0.142. The number of aryl methyl sites for hydroxylation is 1. The topological polar surface area (TPSA) is 96.8 Å². The predicted octanol–water partition coefficient (Wildman–Crippen LogP) is 3.58. The van der Waals surface area contributed by atoms with E-state index in [4.69, 9.17) is 19.7 Å². The van der Waals surface area contributed by atoms with Gasteiger partial charge < -0.3 is 14.2 Å². The first kappa shape index (κ1) is 19.9. The maximum atomic E-state index is 12.7. The first-order valence-corrected chi connectivity index (χ1v) is 7.52. The fraction of sp³-hybridized carbons (Fsp3) is 0.562. The summed E-state index contributed by atoms with van der Waals surface area (Å²) in [6.45, 7) is 7.31. The summed E-state index contributed by atoms with van der Waals surface area (Å²) >= 11 is 0. The second-order valence-electron chi connectivity index (χ2n) is 5.26. The third-order valence-electron chi connectivity index (χ3n) is 3.69. The highest BCUT2D eigenvalue weighted by Crippen LogP contribution is 2.37. The average molecular weight is 336 g/mol. The van der Waals surface area contributed by atoms with Crippen LogP contribution in [0.3, 0.4) is 0 Å². The van der Waals surface area contributed by atoms with E-state index in [1.54, 1.807) is 26.0 Å². The summed E-state index contributed by atoms with van der Waals surface area (Å²) in [5.41, 5.74) is 11.2. The molecule has 0 saturated carbocycles. The first-order chi connectivity index (χ1) is 11.4. The predicted molar refractivity (Wildman–Crippen MR) is 91.1 cm³/mol. The zero-order chi connectivity index (χ0) is 18.3. The number of ether oxygens (including phenoxy) is 3. The Labute approximate surface area is 141 Å². The van der Waals surface area contributed by atoms with Crippen molar-refractivity contribution in [1.29, 1.82) is 0 Å². The number of benzene rings is 1. The van der Waals surface area contributed by atoms with Crippen molar-refractivity contribution < 1.29 is 19.0 Å². The molecule has 8 nitrogen and oxygen atoms in total. The van der Waals surface area contributed by atoms with E-state index in [1.807, 2.05) is 13.8 Å². The largest absolute Gasteiger partial charge is 0.375 e. The van der Waals surface area contributed by atoms with Gasteiger partial charge in [0.1, 0.15) is 6.61 Å². The molecule has 132 valence electrons. The molecule has 0 aliphatic carbocycles. The van der Waals surface area contributed by atoms with Gasteiger partial charge >= 0.3 is 0 Å². The van der Waals surface area contributed by atoms with Gasteiger partial charge in [0.25, 0.3) is 11.8 Å². The molecule has 1 aromatic carbocycles. The van der Waals surface area contributed by atoms with E-state index < -0.39 is 5.91 Å². The van der Waals surface area contributed by atoms with Crippen LogP contribution in [0.1, 0.15) is 25.0 Å². The van der Waals surface area contributed by atoms with Gasteiger partial charge in [-0.3, -0.25) is 9.69 Å². The van der Waals surface area contributed by atoms with E-state index in [0.29, 0.717) is 23.5 Å². The molecule has 0 radical (unpaired) electrons. The van der Waals surface area contributed by atoms with Crippen molar-refractivity contribution in [3.63, 3.8) is 0 Å². The number of methoxy groups -OCH3 is 2. The van der Waals surface area contributed by atoms with Gasteiger partial charge in [0.15, 0.2) is 0 Å². The molecule has 1 aromatic rings. The fourth-order valence-electron chi connectivity index (χ4n) is 2.55. The molecule has 0 N–H and O–H groups in total. The molecule has 0 heterocycles. The second-order valence-corrected chi connectivity index (χ2v) is 5.26. The van der Waals surface area contributed by atoms with Crippen LogP contribution in [0.5, 0.6) is 0 Å². The Bertz CT molecular complexity index is 643. The molecule has 0 fully saturated rings. The number of hydrogen-bond donors (Lipinski definition) is 0. The van der Waals surface area contributed by atoms with E-state index in [1.165, 1.54) is 19.1 Å². The molecule has 0 aliphatic rings. The van der Waals surface area contributed by atoms with Crippen LogP contribution in [0.25, 0.3) is 10.4 Å². The van der Waals surface area contributed by atoms with E-state index in [9.17, 15) is 4.79 Å². The number of carbonyl (C=O) groups excluding carboxylic acids is 1. The quantitative estimate of drug-likeness (QED) is 0.313. The Morgan fingerprint density at radius 3 is 2.54 bits per heavy atom. The normalized spacial score (nSPS) is 13.1. The van der Waals surface area contributed by atoms with Gasteiger partial charge in [-0.05, 0) is 37.4 Å². The third-order valence-corrected chi connectivity index (χ3v) is 3.69. The van der Waals surface area contributed by atoms with Gasteiger partial charge in [-0.2, -0.15) is 0 Å². The highest BCUT2D eigenvalue weighted by atomic mass is 16.7. The average Bonchev–Trinajstić information content (AvgIpc) is 2.54. The van der Waals surface area contributed by atoms with Crippen LogP contribution in [0.15, 0.2) is 17.2 Å². The third kappa shape index (κ3) is 4.04. The number of rotatable bonds is 8. The Morgan fingerprint density at radius 1 is 1.38 bits per heavy atom. The molecule has 8 heteroatoms. The molecule has 0 bridgehead atoms. The van der Waals surface area contributed by atoms with E-state index in [-0.39, 0.29) is 12.5 Å². The molecule has 0 saturated heterocycles. The summed E-state index contributed by atoms with van der Waals surface area (Å²) in [5.74, 6) is -1.66. The summed E-state index contributed by atoms with van der Waals surface area (Å²) in [6.07, 6.45) is 0. The minimum atomic E-state index is -1.32. The van der Waals surface area contributed by atoms with Crippen molar-refractivity contribution in [3.8, 4) is 0 Å². The van der Waals surface area contributed by atoms with Crippen molar-refractivity contribution in [3.05, 3.63) is 33.7 Å². The highest BCUT2D eigenvalue weighted by molar-refractivity contribution is 5.97. The SMILES string of the molecule is CCOC(C)(OC)N(C(=O)COC)c1c(C)ccc(N=[N+]=[N-])c1C. The molecule has 0 aromatic heterocycles. The minimum Gasteiger partial charge on any atom is -0.375 e. The van der Waals surface area contributed by atoms with Crippen LogP contribution >= 0.6 is 0 Å². The molecule has 0 spiro atoms. The summed E-state index contributed by atoms with van der Waals surface area (Å²) in [4.78, 5) is 17.0. The van der Waals surface area contributed by atoms with Crippen LogP contribution in [0, 0.1) is 13.8 Å². The summed E-state index contributed by atoms with van der Waals surface area (Å²) in [7, 11) is 2.90. The molecule has 0 aliphatic heterocycles. The van der Waals surface area contributed by atoms with Crippen LogP contribution in [0.4, 0.5) is 11.4 Å². The maximum absolute atomic E-state index is 12.7. The Balaban J connectivity index is 3.64. The molecular weight excluding hydrogens is 312 g/mol. The second kappa shape index (κ2) is 8.65. The van der Waals surface area contributed by atoms with E-state index >= 15 is 0 Å². The van der Waals surface area contributed by atoms with Crippen molar-refractivity contribution >= 4 is 17.3 Å².